The zero-order chi connectivity index (χ0) is 25.4. The largest absolute Gasteiger partial charge is 0.459 e. The number of alkyl halides is 3. The van der Waals surface area contributed by atoms with E-state index < -0.39 is 11.7 Å². The van der Waals surface area contributed by atoms with Gasteiger partial charge in [0.05, 0.1) is 18.4 Å². The van der Waals surface area contributed by atoms with Crippen LogP contribution >= 0.6 is 0 Å². The van der Waals surface area contributed by atoms with E-state index >= 15 is 0 Å². The number of nitrogens with zero attached hydrogens (tertiary/aromatic N) is 5. The number of carbonyl (C=O) groups excluding carboxylic acids is 3. The van der Waals surface area contributed by atoms with Gasteiger partial charge in [0.25, 0.3) is 17.7 Å². The van der Waals surface area contributed by atoms with E-state index in [0.29, 0.717) is 44.8 Å². The Balaban J connectivity index is 1.22. The van der Waals surface area contributed by atoms with Gasteiger partial charge in [-0.2, -0.15) is 18.3 Å². The van der Waals surface area contributed by atoms with Gasteiger partial charge in [-0.1, -0.05) is 12.1 Å². The fourth-order valence-corrected chi connectivity index (χ4v) is 4.34. The first kappa shape index (κ1) is 23.6. The number of furan rings is 1. The Morgan fingerprint density at radius 2 is 1.58 bits per heavy atom. The summed E-state index contributed by atoms with van der Waals surface area (Å²) in [7, 11) is 0. The van der Waals surface area contributed by atoms with Crippen LogP contribution in [-0.2, 0) is 19.3 Å². The van der Waals surface area contributed by atoms with Gasteiger partial charge < -0.3 is 19.1 Å². The van der Waals surface area contributed by atoms with Crippen LogP contribution in [0.5, 0.6) is 0 Å². The highest BCUT2D eigenvalue weighted by atomic mass is 19.4. The van der Waals surface area contributed by atoms with Crippen molar-refractivity contribution in [3.8, 4) is 0 Å². The van der Waals surface area contributed by atoms with E-state index in [4.69, 9.17) is 4.42 Å². The maximum Gasteiger partial charge on any atom is 0.416 e. The Morgan fingerprint density at radius 3 is 2.19 bits per heavy atom. The Labute approximate surface area is 203 Å². The maximum atomic E-state index is 13.0. The molecule has 0 radical (unpaired) electrons. The Morgan fingerprint density at radius 1 is 0.917 bits per heavy atom. The molecule has 1 aromatic carbocycles. The first-order valence-corrected chi connectivity index (χ1v) is 11.4. The fraction of sp³-hybridized carbons (Fsp3) is 0.333. The lowest BCUT2D eigenvalue weighted by Crippen LogP contribution is -2.50. The van der Waals surface area contributed by atoms with Gasteiger partial charge in [-0.05, 0) is 29.8 Å². The van der Waals surface area contributed by atoms with Gasteiger partial charge in [0.15, 0.2) is 11.5 Å². The second-order valence-corrected chi connectivity index (χ2v) is 8.62. The Hall–Kier alpha value is -4.09. The van der Waals surface area contributed by atoms with E-state index in [-0.39, 0.29) is 41.4 Å². The molecule has 36 heavy (non-hydrogen) atoms. The molecule has 0 spiro atoms. The fourth-order valence-electron chi connectivity index (χ4n) is 4.34. The van der Waals surface area contributed by atoms with Crippen LogP contribution in [0.1, 0.15) is 42.7 Å². The molecule has 0 bridgehead atoms. The summed E-state index contributed by atoms with van der Waals surface area (Å²) >= 11 is 0. The number of amides is 3. The van der Waals surface area contributed by atoms with Crippen molar-refractivity contribution in [1.82, 2.24) is 24.5 Å². The lowest BCUT2D eigenvalue weighted by Gasteiger charge is -2.33. The summed E-state index contributed by atoms with van der Waals surface area (Å²) in [6.07, 6.45) is -2.99. The molecule has 1 fully saturated rings. The standard InChI is InChI=1S/C24H22F3N5O4/c25-24(26,27)17-5-3-16(4-6-17)15-31-11-12-32-19(22(31)34)14-18(28-32)21(33)29-7-9-30(10-8-29)23(35)20-2-1-13-36-20/h1-6,13-14H,7-12,15H2. The van der Waals surface area contributed by atoms with Crippen molar-refractivity contribution in [2.24, 2.45) is 0 Å². The summed E-state index contributed by atoms with van der Waals surface area (Å²) in [5, 5.41) is 4.31. The summed E-state index contributed by atoms with van der Waals surface area (Å²) in [5.74, 6) is -0.662. The maximum absolute atomic E-state index is 13.0. The van der Waals surface area contributed by atoms with Crippen LogP contribution in [-0.4, -0.2) is 74.9 Å². The van der Waals surface area contributed by atoms with Crippen molar-refractivity contribution >= 4 is 17.7 Å². The van der Waals surface area contributed by atoms with E-state index in [0.717, 1.165) is 12.1 Å². The number of fused-ring (bicyclic) bond motifs is 1. The molecule has 3 aromatic rings. The molecule has 0 atom stereocenters. The van der Waals surface area contributed by atoms with Gasteiger partial charge >= 0.3 is 6.18 Å². The SMILES string of the molecule is O=C(c1cc2n(n1)CCN(Cc1ccc(C(F)(F)F)cc1)C2=O)N1CCN(C(=O)c2ccco2)CC1. The van der Waals surface area contributed by atoms with Gasteiger partial charge in [0, 0.05) is 45.3 Å². The lowest BCUT2D eigenvalue weighted by molar-refractivity contribution is -0.137. The number of benzene rings is 1. The first-order valence-electron chi connectivity index (χ1n) is 11.4. The molecule has 0 unspecified atom stereocenters. The molecule has 9 nitrogen and oxygen atoms in total. The zero-order valence-electron chi connectivity index (χ0n) is 19.1. The molecule has 2 aromatic heterocycles. The molecule has 2 aliphatic heterocycles. The van der Waals surface area contributed by atoms with Crippen LogP contribution in [0.3, 0.4) is 0 Å². The third-order valence-corrected chi connectivity index (χ3v) is 6.33. The highest BCUT2D eigenvalue weighted by Gasteiger charge is 2.32. The number of rotatable bonds is 4. The van der Waals surface area contributed by atoms with Crippen LogP contribution in [0, 0.1) is 0 Å². The van der Waals surface area contributed by atoms with Crippen molar-refractivity contribution < 1.29 is 32.0 Å². The van der Waals surface area contributed by atoms with E-state index in [2.05, 4.69) is 5.10 Å². The van der Waals surface area contributed by atoms with Crippen molar-refractivity contribution in [1.29, 1.82) is 0 Å². The molecule has 5 rings (SSSR count). The van der Waals surface area contributed by atoms with Gasteiger partial charge in [0.2, 0.25) is 0 Å². The van der Waals surface area contributed by atoms with Gasteiger partial charge in [-0.15, -0.1) is 0 Å². The average Bonchev–Trinajstić information content (AvgIpc) is 3.56. The van der Waals surface area contributed by atoms with Crippen molar-refractivity contribution in [2.75, 3.05) is 32.7 Å². The normalized spacial score (nSPS) is 16.3. The van der Waals surface area contributed by atoms with Crippen molar-refractivity contribution in [3.63, 3.8) is 0 Å². The molecule has 0 saturated carbocycles. The number of hydrogen-bond acceptors (Lipinski definition) is 5. The summed E-state index contributed by atoms with van der Waals surface area (Å²) < 4.78 is 45.0. The van der Waals surface area contributed by atoms with E-state index in [1.807, 2.05) is 0 Å². The van der Waals surface area contributed by atoms with Crippen molar-refractivity contribution in [2.45, 2.75) is 19.3 Å². The van der Waals surface area contributed by atoms with E-state index in [9.17, 15) is 27.6 Å². The van der Waals surface area contributed by atoms with E-state index in [1.165, 1.54) is 34.0 Å². The minimum atomic E-state index is -4.42. The van der Waals surface area contributed by atoms with Gasteiger partial charge in [0.1, 0.15) is 5.69 Å². The third-order valence-electron chi connectivity index (χ3n) is 6.33. The summed E-state index contributed by atoms with van der Waals surface area (Å²) in [4.78, 5) is 43.2. The van der Waals surface area contributed by atoms with Gasteiger partial charge in [-0.25, -0.2) is 0 Å². The Kier molecular flexibility index (Phi) is 6.02. The number of aromatic nitrogens is 2. The van der Waals surface area contributed by atoms with Crippen LogP contribution < -0.4 is 0 Å². The molecule has 12 heteroatoms. The molecule has 2 aliphatic rings. The average molecular weight is 501 g/mol. The molecule has 0 aliphatic carbocycles. The highest BCUT2D eigenvalue weighted by Crippen LogP contribution is 2.29. The monoisotopic (exact) mass is 501 g/mol. The number of piperazine rings is 1. The second kappa shape index (κ2) is 9.17. The van der Waals surface area contributed by atoms with Gasteiger partial charge in [-0.3, -0.25) is 19.1 Å². The predicted molar refractivity (Wildman–Crippen MR) is 119 cm³/mol. The minimum Gasteiger partial charge on any atom is -0.459 e. The quantitative estimate of drug-likeness (QED) is 0.548. The molecule has 0 N–H and O–H groups in total. The summed E-state index contributed by atoms with van der Waals surface area (Å²) in [5.41, 5.74) is 0.217. The zero-order valence-corrected chi connectivity index (χ0v) is 19.1. The smallest absolute Gasteiger partial charge is 0.416 e. The molecule has 188 valence electrons. The molecular weight excluding hydrogens is 479 g/mol. The van der Waals surface area contributed by atoms with Crippen LogP contribution in [0.25, 0.3) is 0 Å². The Bertz CT molecular complexity index is 1280. The summed E-state index contributed by atoms with van der Waals surface area (Å²) in [6, 6.07) is 9.37. The summed E-state index contributed by atoms with van der Waals surface area (Å²) in [6.45, 7) is 2.16. The number of hydrogen-bond donors (Lipinski definition) is 0. The van der Waals surface area contributed by atoms with Crippen LogP contribution in [0.4, 0.5) is 13.2 Å². The van der Waals surface area contributed by atoms with E-state index in [1.54, 1.807) is 21.9 Å². The lowest BCUT2D eigenvalue weighted by atomic mass is 10.1. The minimum absolute atomic E-state index is 0.139. The predicted octanol–water partition coefficient (Wildman–Crippen LogP) is 2.75. The molecule has 4 heterocycles. The third kappa shape index (κ3) is 4.58. The van der Waals surface area contributed by atoms with Crippen molar-refractivity contribution in [3.05, 3.63) is 77.0 Å². The molecular formula is C24H22F3N5O4. The van der Waals surface area contributed by atoms with Crippen LogP contribution in [0.2, 0.25) is 0 Å². The molecule has 1 saturated heterocycles. The highest BCUT2D eigenvalue weighted by molar-refractivity contribution is 5.98. The van der Waals surface area contributed by atoms with Crippen LogP contribution in [0.15, 0.2) is 53.1 Å². The topological polar surface area (TPSA) is 91.9 Å². The number of carbonyl (C=O) groups is 3. The molecule has 3 amide bonds. The number of halogens is 3. The first-order chi connectivity index (χ1) is 17.2. The second-order valence-electron chi connectivity index (χ2n) is 8.62.